The Labute approximate surface area is 227 Å². The average Bonchev–Trinajstić information content (AvgIpc) is 3.35. The van der Waals surface area contributed by atoms with Crippen LogP contribution in [0.5, 0.6) is 0 Å². The summed E-state index contributed by atoms with van der Waals surface area (Å²) in [6.07, 6.45) is 6.07. The lowest BCUT2D eigenvalue weighted by Crippen LogP contribution is -2.03. The lowest BCUT2D eigenvalue weighted by atomic mass is 10.0. The van der Waals surface area contributed by atoms with Crippen LogP contribution in [0.15, 0.2) is 41.1 Å². The minimum absolute atomic E-state index is 0.300. The summed E-state index contributed by atoms with van der Waals surface area (Å²) in [5, 5.41) is 11.3. The van der Waals surface area contributed by atoms with E-state index in [9.17, 15) is 14.7 Å². The lowest BCUT2D eigenvalue weighted by molar-refractivity contribution is 0.0602. The van der Waals surface area contributed by atoms with Gasteiger partial charge in [-0.1, -0.05) is 29.3 Å². The molecule has 0 unspecified atom stereocenters. The maximum atomic E-state index is 11.9. The fraction of sp³-hybridized carbons (Fsp3) is 0.400. The molecule has 0 aliphatic rings. The van der Waals surface area contributed by atoms with E-state index in [1.54, 1.807) is 0 Å². The second-order valence-corrected chi connectivity index (χ2v) is 11.0. The van der Waals surface area contributed by atoms with Crippen LogP contribution >= 0.6 is 15.9 Å². The number of ether oxygens (including phenoxy) is 1. The molecule has 7 heteroatoms. The second kappa shape index (κ2) is 11.5. The van der Waals surface area contributed by atoms with Gasteiger partial charge in [-0.3, -0.25) is 0 Å². The first-order valence-electron chi connectivity index (χ1n) is 12.7. The van der Waals surface area contributed by atoms with Crippen molar-refractivity contribution in [2.45, 2.75) is 73.4 Å². The van der Waals surface area contributed by atoms with Crippen molar-refractivity contribution in [2.75, 3.05) is 7.11 Å². The highest BCUT2D eigenvalue weighted by Gasteiger charge is 2.18. The number of methoxy groups -OCH3 is 1. The molecule has 2 aromatic heterocycles. The first-order chi connectivity index (χ1) is 17.4. The van der Waals surface area contributed by atoms with Crippen LogP contribution in [-0.2, 0) is 11.2 Å². The van der Waals surface area contributed by atoms with E-state index in [1.165, 1.54) is 7.11 Å². The van der Waals surface area contributed by atoms with Crippen molar-refractivity contribution in [3.63, 3.8) is 0 Å². The molecule has 0 radical (unpaired) electrons. The normalized spacial score (nSPS) is 11.3. The summed E-state index contributed by atoms with van der Waals surface area (Å²) in [4.78, 5) is 23.4. The minimum Gasteiger partial charge on any atom is -0.478 e. The van der Waals surface area contributed by atoms with E-state index in [2.05, 4.69) is 78.1 Å². The van der Waals surface area contributed by atoms with Crippen LogP contribution in [0.2, 0.25) is 0 Å². The van der Waals surface area contributed by atoms with Gasteiger partial charge in [0.1, 0.15) is 0 Å². The molecule has 0 fully saturated rings. The molecule has 0 atom stereocenters. The minimum atomic E-state index is -0.840. The third kappa shape index (κ3) is 5.77. The van der Waals surface area contributed by atoms with E-state index in [-0.39, 0.29) is 5.97 Å². The van der Waals surface area contributed by atoms with Crippen LogP contribution in [0.4, 0.5) is 0 Å². The van der Waals surface area contributed by atoms with Crippen LogP contribution < -0.4 is 0 Å². The maximum Gasteiger partial charge on any atom is 0.338 e. The van der Waals surface area contributed by atoms with Gasteiger partial charge >= 0.3 is 11.9 Å². The lowest BCUT2D eigenvalue weighted by Gasteiger charge is -2.11. The fourth-order valence-electron chi connectivity index (χ4n) is 4.93. The molecule has 4 aromatic rings. The quantitative estimate of drug-likeness (QED) is 0.237. The maximum absolute atomic E-state index is 11.9. The number of carboxylic acid groups (broad SMARTS) is 1. The highest BCUT2D eigenvalue weighted by molar-refractivity contribution is 9.10. The number of carbonyl (C=O) groups excluding carboxylic acids is 1. The molecule has 37 heavy (non-hydrogen) atoms. The highest BCUT2D eigenvalue weighted by Crippen LogP contribution is 2.31. The number of hydrogen-bond donors (Lipinski definition) is 1. The SMILES string of the molecule is CCCc1cc(C(=O)O)c2c(C)cn(C(C)C)c2c1.COC(=O)c1cc(Br)cc2c1c(C)cn2C(C)C. The summed E-state index contributed by atoms with van der Waals surface area (Å²) < 4.78 is 10.1. The topological polar surface area (TPSA) is 73.5 Å². The van der Waals surface area contributed by atoms with Gasteiger partial charge < -0.3 is 19.0 Å². The van der Waals surface area contributed by atoms with E-state index in [1.807, 2.05) is 32.0 Å². The Hall–Kier alpha value is -3.06. The summed E-state index contributed by atoms with van der Waals surface area (Å²) in [7, 11) is 1.41. The van der Waals surface area contributed by atoms with Crippen molar-refractivity contribution in [3.8, 4) is 0 Å². The molecule has 6 nitrogen and oxygen atoms in total. The number of fused-ring (bicyclic) bond motifs is 2. The Bertz CT molecular complexity index is 1460. The molecule has 0 bridgehead atoms. The molecule has 198 valence electrons. The van der Waals surface area contributed by atoms with Gasteiger partial charge in [0.2, 0.25) is 0 Å². The van der Waals surface area contributed by atoms with Gasteiger partial charge in [0.05, 0.1) is 23.8 Å². The number of hydrogen-bond acceptors (Lipinski definition) is 3. The summed E-state index contributed by atoms with van der Waals surface area (Å²) in [5.41, 5.74) is 6.35. The Morgan fingerprint density at radius 2 is 1.41 bits per heavy atom. The summed E-state index contributed by atoms with van der Waals surface area (Å²) in [5.74, 6) is -1.14. The van der Waals surface area contributed by atoms with Crippen molar-refractivity contribution in [2.24, 2.45) is 0 Å². The van der Waals surface area contributed by atoms with Crippen LogP contribution in [0, 0.1) is 13.8 Å². The predicted octanol–water partition coefficient (Wildman–Crippen LogP) is 8.26. The number of rotatable bonds is 6. The van der Waals surface area contributed by atoms with Crippen molar-refractivity contribution >= 4 is 49.7 Å². The number of carbonyl (C=O) groups is 2. The third-order valence-corrected chi connectivity index (χ3v) is 7.02. The number of aromatic nitrogens is 2. The summed E-state index contributed by atoms with van der Waals surface area (Å²) in [6, 6.07) is 8.49. The van der Waals surface area contributed by atoms with Crippen molar-refractivity contribution in [1.82, 2.24) is 9.13 Å². The van der Waals surface area contributed by atoms with Gasteiger partial charge in [-0.15, -0.1) is 0 Å². The van der Waals surface area contributed by atoms with Crippen molar-refractivity contribution in [1.29, 1.82) is 0 Å². The molecule has 0 saturated heterocycles. The molecule has 0 spiro atoms. The first kappa shape index (κ1) is 28.5. The van der Waals surface area contributed by atoms with Crippen molar-refractivity contribution in [3.05, 3.63) is 68.9 Å². The predicted molar refractivity (Wildman–Crippen MR) is 154 cm³/mol. The Balaban J connectivity index is 0.000000206. The molecular formula is C30H37BrN2O4. The average molecular weight is 570 g/mol. The number of carboxylic acids is 1. The summed E-state index contributed by atoms with van der Waals surface area (Å²) in [6.45, 7) is 14.6. The van der Waals surface area contributed by atoms with Gasteiger partial charge in [0.15, 0.2) is 0 Å². The molecule has 2 aromatic carbocycles. The zero-order valence-electron chi connectivity index (χ0n) is 23.0. The number of esters is 1. The molecule has 0 aliphatic heterocycles. The molecular weight excluding hydrogens is 532 g/mol. The molecule has 1 N–H and O–H groups in total. The number of nitrogens with zero attached hydrogens (tertiary/aromatic N) is 2. The monoisotopic (exact) mass is 568 g/mol. The Morgan fingerprint density at radius 1 is 0.892 bits per heavy atom. The van der Waals surface area contributed by atoms with Crippen LogP contribution in [0.25, 0.3) is 21.8 Å². The Morgan fingerprint density at radius 3 is 1.86 bits per heavy atom. The van der Waals surface area contributed by atoms with Gasteiger partial charge in [0, 0.05) is 45.2 Å². The number of benzene rings is 2. The number of halogens is 1. The molecule has 2 heterocycles. The van der Waals surface area contributed by atoms with E-state index in [0.717, 1.165) is 55.8 Å². The standard InChI is InChI=1S/C16H21NO2.C14H16BrNO2/c1-5-6-12-7-13(16(18)19)15-11(4)9-17(10(2)3)14(15)8-12;1-8(2)16-7-9(3)13-11(14(17)18-4)5-10(15)6-12(13)16/h7-10H,5-6H2,1-4H3,(H,18,19);5-8H,1-4H3. The van der Waals surface area contributed by atoms with Gasteiger partial charge in [-0.05, 0) is 88.9 Å². The van der Waals surface area contributed by atoms with E-state index in [0.29, 0.717) is 23.2 Å². The smallest absolute Gasteiger partial charge is 0.338 e. The molecule has 4 rings (SSSR count). The van der Waals surface area contributed by atoms with Crippen LogP contribution in [-0.4, -0.2) is 33.3 Å². The van der Waals surface area contributed by atoms with E-state index < -0.39 is 5.97 Å². The number of aromatic carboxylic acids is 1. The zero-order valence-corrected chi connectivity index (χ0v) is 24.6. The van der Waals surface area contributed by atoms with Gasteiger partial charge in [-0.25, -0.2) is 9.59 Å². The van der Waals surface area contributed by atoms with E-state index >= 15 is 0 Å². The Kier molecular flexibility index (Phi) is 8.90. The zero-order chi connectivity index (χ0) is 27.6. The van der Waals surface area contributed by atoms with E-state index in [4.69, 9.17) is 4.74 Å². The van der Waals surface area contributed by atoms with Gasteiger partial charge in [0.25, 0.3) is 0 Å². The third-order valence-electron chi connectivity index (χ3n) is 6.56. The highest BCUT2D eigenvalue weighted by atomic mass is 79.9. The summed E-state index contributed by atoms with van der Waals surface area (Å²) >= 11 is 3.45. The molecule has 0 amide bonds. The van der Waals surface area contributed by atoms with Crippen LogP contribution in [0.3, 0.4) is 0 Å². The molecule has 0 saturated carbocycles. The van der Waals surface area contributed by atoms with Crippen LogP contribution in [0.1, 0.15) is 90.5 Å². The van der Waals surface area contributed by atoms with Gasteiger partial charge in [-0.2, -0.15) is 0 Å². The first-order valence-corrected chi connectivity index (χ1v) is 13.5. The number of aryl methyl sites for hydroxylation is 3. The molecule has 0 aliphatic carbocycles. The second-order valence-electron chi connectivity index (χ2n) is 10.1. The fourth-order valence-corrected chi connectivity index (χ4v) is 5.37. The van der Waals surface area contributed by atoms with Crippen molar-refractivity contribution < 1.29 is 19.4 Å². The largest absolute Gasteiger partial charge is 0.478 e.